The van der Waals surface area contributed by atoms with E-state index in [1.165, 1.54) is 38.5 Å². The lowest BCUT2D eigenvalue weighted by atomic mass is 10.1. The summed E-state index contributed by atoms with van der Waals surface area (Å²) in [5.41, 5.74) is 1.51. The average Bonchev–Trinajstić information content (AvgIpc) is 2.66. The highest BCUT2D eigenvalue weighted by atomic mass is 15.1. The Kier molecular flexibility index (Phi) is 3.98. The van der Waals surface area contributed by atoms with Crippen molar-refractivity contribution in [3.8, 4) is 6.07 Å². The van der Waals surface area contributed by atoms with Gasteiger partial charge in [0, 0.05) is 19.3 Å². The van der Waals surface area contributed by atoms with Crippen LogP contribution in [-0.2, 0) is 0 Å². The fraction of sp³-hybridized carbons (Fsp3) is 0.571. The minimum absolute atomic E-state index is 0.541. The van der Waals surface area contributed by atoms with E-state index in [1.54, 1.807) is 6.20 Å². The van der Waals surface area contributed by atoms with Crippen molar-refractivity contribution in [2.24, 2.45) is 0 Å². The third-order valence-corrected chi connectivity index (χ3v) is 3.64. The van der Waals surface area contributed by atoms with Gasteiger partial charge in [0.1, 0.15) is 6.07 Å². The normalized spacial score (nSPS) is 17.2. The monoisotopic (exact) mass is 229 g/mol. The third-order valence-electron chi connectivity index (χ3n) is 3.64. The van der Waals surface area contributed by atoms with Crippen molar-refractivity contribution in [2.45, 2.75) is 44.6 Å². The van der Waals surface area contributed by atoms with Gasteiger partial charge in [0.15, 0.2) is 5.69 Å². The van der Waals surface area contributed by atoms with Gasteiger partial charge in [-0.25, -0.2) is 4.98 Å². The van der Waals surface area contributed by atoms with Gasteiger partial charge in [-0.2, -0.15) is 5.26 Å². The second kappa shape index (κ2) is 5.67. The topological polar surface area (TPSA) is 39.9 Å². The van der Waals surface area contributed by atoms with E-state index >= 15 is 0 Å². The summed E-state index contributed by atoms with van der Waals surface area (Å²) in [4.78, 5) is 6.38. The van der Waals surface area contributed by atoms with E-state index in [-0.39, 0.29) is 0 Å². The van der Waals surface area contributed by atoms with Crippen molar-refractivity contribution in [1.82, 2.24) is 4.98 Å². The minimum atomic E-state index is 0.541. The zero-order valence-corrected chi connectivity index (χ0v) is 10.4. The molecule has 1 saturated carbocycles. The van der Waals surface area contributed by atoms with Crippen molar-refractivity contribution in [3.63, 3.8) is 0 Å². The summed E-state index contributed by atoms with van der Waals surface area (Å²) in [7, 11) is 2.09. The Morgan fingerprint density at radius 1 is 1.29 bits per heavy atom. The van der Waals surface area contributed by atoms with Gasteiger partial charge in [0.25, 0.3) is 0 Å². The van der Waals surface area contributed by atoms with Gasteiger partial charge in [0.2, 0.25) is 0 Å². The molecule has 1 aliphatic rings. The molecular weight excluding hydrogens is 210 g/mol. The zero-order chi connectivity index (χ0) is 12.1. The lowest BCUT2D eigenvalue weighted by Gasteiger charge is -2.29. The van der Waals surface area contributed by atoms with Gasteiger partial charge >= 0.3 is 0 Å². The molecule has 0 spiro atoms. The maximum absolute atomic E-state index is 9.08. The Morgan fingerprint density at radius 2 is 2.00 bits per heavy atom. The van der Waals surface area contributed by atoms with Crippen molar-refractivity contribution in [3.05, 3.63) is 24.0 Å². The molecule has 1 aliphatic carbocycles. The van der Waals surface area contributed by atoms with E-state index in [2.05, 4.69) is 23.0 Å². The van der Waals surface area contributed by atoms with E-state index in [0.29, 0.717) is 11.7 Å². The molecule has 1 heterocycles. The summed E-state index contributed by atoms with van der Waals surface area (Å²) >= 11 is 0. The summed E-state index contributed by atoms with van der Waals surface area (Å²) in [6.07, 6.45) is 9.45. The van der Waals surface area contributed by atoms with Crippen molar-refractivity contribution >= 4 is 5.69 Å². The molecule has 0 radical (unpaired) electrons. The molecule has 0 saturated heterocycles. The maximum Gasteiger partial charge on any atom is 0.163 e. The van der Waals surface area contributed by atoms with Gasteiger partial charge in [-0.15, -0.1) is 0 Å². The number of pyridine rings is 1. The van der Waals surface area contributed by atoms with Gasteiger partial charge in [-0.1, -0.05) is 25.7 Å². The molecule has 0 amide bonds. The second-order valence-electron chi connectivity index (χ2n) is 4.74. The standard InChI is InChI=1S/C14H19N3/c1-17(12-7-4-2-3-5-8-12)14-9-6-10-16-13(14)11-15/h6,9-10,12H,2-5,7-8H2,1H3. The molecule has 0 aromatic carbocycles. The largest absolute Gasteiger partial charge is 0.369 e. The van der Waals surface area contributed by atoms with Crippen LogP contribution in [0.4, 0.5) is 5.69 Å². The first-order valence-electron chi connectivity index (χ1n) is 6.41. The number of hydrogen-bond acceptors (Lipinski definition) is 3. The Bertz CT molecular complexity index is 400. The van der Waals surface area contributed by atoms with Crippen LogP contribution in [-0.4, -0.2) is 18.1 Å². The molecule has 17 heavy (non-hydrogen) atoms. The predicted molar refractivity (Wildman–Crippen MR) is 68.8 cm³/mol. The quantitative estimate of drug-likeness (QED) is 0.731. The molecular formula is C14H19N3. The highest BCUT2D eigenvalue weighted by Gasteiger charge is 2.19. The van der Waals surface area contributed by atoms with Crippen LogP contribution in [0.1, 0.15) is 44.2 Å². The fourth-order valence-corrected chi connectivity index (χ4v) is 2.61. The minimum Gasteiger partial charge on any atom is -0.369 e. The smallest absolute Gasteiger partial charge is 0.163 e. The average molecular weight is 229 g/mol. The van der Waals surface area contributed by atoms with Gasteiger partial charge in [-0.05, 0) is 25.0 Å². The third kappa shape index (κ3) is 2.76. The molecule has 3 heteroatoms. The second-order valence-corrected chi connectivity index (χ2v) is 4.74. The van der Waals surface area contributed by atoms with Crippen LogP contribution >= 0.6 is 0 Å². The Labute approximate surface area is 103 Å². The molecule has 0 aliphatic heterocycles. The first kappa shape index (κ1) is 11.9. The predicted octanol–water partition coefficient (Wildman–Crippen LogP) is 3.11. The number of aromatic nitrogens is 1. The van der Waals surface area contributed by atoms with Crippen LogP contribution in [0.5, 0.6) is 0 Å². The van der Waals surface area contributed by atoms with Gasteiger partial charge in [-0.3, -0.25) is 0 Å². The molecule has 2 rings (SSSR count). The van der Waals surface area contributed by atoms with Gasteiger partial charge < -0.3 is 4.90 Å². The Balaban J connectivity index is 2.17. The summed E-state index contributed by atoms with van der Waals surface area (Å²) in [5, 5.41) is 9.08. The summed E-state index contributed by atoms with van der Waals surface area (Å²) < 4.78 is 0. The number of anilines is 1. The van der Waals surface area contributed by atoms with E-state index < -0.39 is 0 Å². The zero-order valence-electron chi connectivity index (χ0n) is 10.4. The molecule has 90 valence electrons. The lowest BCUT2D eigenvalue weighted by molar-refractivity contribution is 0.552. The van der Waals surface area contributed by atoms with Crippen LogP contribution in [0, 0.1) is 11.3 Å². The first-order chi connectivity index (χ1) is 8.33. The molecule has 0 N–H and O–H groups in total. The van der Waals surface area contributed by atoms with Gasteiger partial charge in [0.05, 0.1) is 5.69 Å². The first-order valence-corrected chi connectivity index (χ1v) is 6.41. The van der Waals surface area contributed by atoms with E-state index in [4.69, 9.17) is 5.26 Å². The number of nitrogens with zero attached hydrogens (tertiary/aromatic N) is 3. The van der Waals surface area contributed by atoms with E-state index in [1.807, 2.05) is 12.1 Å². The molecule has 3 nitrogen and oxygen atoms in total. The summed E-state index contributed by atoms with van der Waals surface area (Å²) in [5.74, 6) is 0. The maximum atomic E-state index is 9.08. The van der Waals surface area contributed by atoms with Crippen LogP contribution in [0.15, 0.2) is 18.3 Å². The van der Waals surface area contributed by atoms with Crippen molar-refractivity contribution in [1.29, 1.82) is 5.26 Å². The highest BCUT2D eigenvalue weighted by Crippen LogP contribution is 2.26. The summed E-state index contributed by atoms with van der Waals surface area (Å²) in [6, 6.07) is 6.64. The number of rotatable bonds is 2. The number of nitriles is 1. The Morgan fingerprint density at radius 3 is 2.65 bits per heavy atom. The van der Waals surface area contributed by atoms with E-state index in [0.717, 1.165) is 5.69 Å². The summed E-state index contributed by atoms with van der Waals surface area (Å²) in [6.45, 7) is 0. The highest BCUT2D eigenvalue weighted by molar-refractivity contribution is 5.55. The SMILES string of the molecule is CN(c1cccnc1C#N)C1CCCCCC1. The van der Waals surface area contributed by atoms with Crippen molar-refractivity contribution in [2.75, 3.05) is 11.9 Å². The van der Waals surface area contributed by atoms with Crippen LogP contribution in [0.2, 0.25) is 0 Å². The lowest BCUT2D eigenvalue weighted by Crippen LogP contribution is -2.31. The molecule has 1 fully saturated rings. The van der Waals surface area contributed by atoms with E-state index in [9.17, 15) is 0 Å². The molecule has 0 bridgehead atoms. The van der Waals surface area contributed by atoms with Crippen LogP contribution in [0.25, 0.3) is 0 Å². The molecule has 1 aromatic heterocycles. The van der Waals surface area contributed by atoms with Crippen LogP contribution in [0.3, 0.4) is 0 Å². The van der Waals surface area contributed by atoms with Crippen molar-refractivity contribution < 1.29 is 0 Å². The van der Waals surface area contributed by atoms with Crippen LogP contribution < -0.4 is 4.90 Å². The molecule has 0 unspecified atom stereocenters. The number of hydrogen-bond donors (Lipinski definition) is 0. The molecule has 1 aromatic rings. The Hall–Kier alpha value is -1.56. The molecule has 0 atom stereocenters. The fourth-order valence-electron chi connectivity index (χ4n) is 2.61.